The highest BCUT2D eigenvalue weighted by molar-refractivity contribution is 5.10. The Labute approximate surface area is 75.7 Å². The van der Waals surface area contributed by atoms with Gasteiger partial charge in [-0.2, -0.15) is 0 Å². The van der Waals surface area contributed by atoms with Crippen LogP contribution in [0.5, 0.6) is 0 Å². The fourth-order valence-electron chi connectivity index (χ4n) is 0.725. The van der Waals surface area contributed by atoms with Crippen LogP contribution >= 0.6 is 0 Å². The first kappa shape index (κ1) is 11.2. The highest BCUT2D eigenvalue weighted by atomic mass is 14.5. The van der Waals surface area contributed by atoms with Crippen molar-refractivity contribution in [2.45, 2.75) is 20.3 Å². The van der Waals surface area contributed by atoms with E-state index >= 15 is 0 Å². The Morgan fingerprint density at radius 2 is 1.83 bits per heavy atom. The first-order valence-corrected chi connectivity index (χ1v) is 4.45. The summed E-state index contributed by atoms with van der Waals surface area (Å²) >= 11 is 0. The molecule has 2 N–H and O–H groups in total. The minimum Gasteiger partial charge on any atom is -0.330 e. The molecule has 0 aromatic rings. The Hall–Kier alpha value is -0.820. The molecule has 0 radical (unpaired) electrons. The Balaban J connectivity index is 3.49. The van der Waals surface area contributed by atoms with E-state index in [4.69, 9.17) is 5.73 Å². The molecular weight excluding hydrogens is 146 g/mol. The minimum atomic E-state index is 0.594. The molecule has 0 spiro atoms. The molecule has 0 aliphatic rings. The Morgan fingerprint density at radius 3 is 2.42 bits per heavy atom. The van der Waals surface area contributed by atoms with Crippen LogP contribution in [0.4, 0.5) is 0 Å². The third-order valence-electron chi connectivity index (χ3n) is 1.60. The number of hydrogen-bond acceptors (Lipinski definition) is 1. The molecule has 0 saturated carbocycles. The fourth-order valence-corrected chi connectivity index (χ4v) is 0.725. The average Bonchev–Trinajstić information content (AvgIpc) is 2.10. The molecule has 1 heteroatoms. The fraction of sp³-hybridized carbons (Fsp3) is 0.455. The van der Waals surface area contributed by atoms with Crippen LogP contribution in [0.2, 0.25) is 0 Å². The Morgan fingerprint density at radius 1 is 1.17 bits per heavy atom. The van der Waals surface area contributed by atoms with Crippen LogP contribution in [0.1, 0.15) is 20.3 Å². The third kappa shape index (κ3) is 7.29. The molecule has 68 valence electrons. The standard InChI is InChI=1S/C11H19N/c1-3-4-5-6-7-8-9-11(2)10-12/h3-8,11H,9-10,12H2,1-2H3/b4-3-,6-5-,8-7+/t11-/m0/s1. The zero-order valence-corrected chi connectivity index (χ0v) is 8.03. The van der Waals surface area contributed by atoms with Crippen LogP contribution < -0.4 is 5.73 Å². The second-order valence-electron chi connectivity index (χ2n) is 2.92. The van der Waals surface area contributed by atoms with E-state index < -0.39 is 0 Å². The molecule has 0 amide bonds. The highest BCUT2D eigenvalue weighted by Crippen LogP contribution is 1.99. The van der Waals surface area contributed by atoms with Crippen LogP contribution in [0.15, 0.2) is 36.5 Å². The van der Waals surface area contributed by atoms with Gasteiger partial charge in [0.05, 0.1) is 0 Å². The summed E-state index contributed by atoms with van der Waals surface area (Å²) in [6, 6.07) is 0. The van der Waals surface area contributed by atoms with Crippen molar-refractivity contribution in [2.75, 3.05) is 6.54 Å². The van der Waals surface area contributed by atoms with E-state index in [-0.39, 0.29) is 0 Å². The van der Waals surface area contributed by atoms with E-state index in [1.165, 1.54) is 0 Å². The van der Waals surface area contributed by atoms with Crippen molar-refractivity contribution in [1.82, 2.24) is 0 Å². The molecule has 12 heavy (non-hydrogen) atoms. The second-order valence-corrected chi connectivity index (χ2v) is 2.92. The van der Waals surface area contributed by atoms with Gasteiger partial charge in [-0.3, -0.25) is 0 Å². The van der Waals surface area contributed by atoms with Crippen molar-refractivity contribution >= 4 is 0 Å². The zero-order valence-electron chi connectivity index (χ0n) is 8.03. The van der Waals surface area contributed by atoms with Gasteiger partial charge in [0.25, 0.3) is 0 Å². The van der Waals surface area contributed by atoms with Gasteiger partial charge in [-0.1, -0.05) is 43.4 Å². The first-order valence-electron chi connectivity index (χ1n) is 4.45. The highest BCUT2D eigenvalue weighted by Gasteiger charge is 1.92. The third-order valence-corrected chi connectivity index (χ3v) is 1.60. The number of rotatable bonds is 5. The molecule has 0 heterocycles. The van der Waals surface area contributed by atoms with E-state index in [2.05, 4.69) is 19.1 Å². The monoisotopic (exact) mass is 165 g/mol. The van der Waals surface area contributed by atoms with E-state index in [9.17, 15) is 0 Å². The van der Waals surface area contributed by atoms with Crippen molar-refractivity contribution < 1.29 is 0 Å². The largest absolute Gasteiger partial charge is 0.330 e. The summed E-state index contributed by atoms with van der Waals surface area (Å²) in [4.78, 5) is 0. The van der Waals surface area contributed by atoms with E-state index in [0.29, 0.717) is 5.92 Å². The van der Waals surface area contributed by atoms with Crippen LogP contribution in [0.25, 0.3) is 0 Å². The predicted molar refractivity (Wildman–Crippen MR) is 55.9 cm³/mol. The minimum absolute atomic E-state index is 0.594. The average molecular weight is 165 g/mol. The summed E-state index contributed by atoms with van der Waals surface area (Å²) in [5.41, 5.74) is 5.47. The summed E-state index contributed by atoms with van der Waals surface area (Å²) in [7, 11) is 0. The molecule has 0 aliphatic heterocycles. The van der Waals surface area contributed by atoms with Crippen molar-refractivity contribution in [2.24, 2.45) is 11.7 Å². The lowest BCUT2D eigenvalue weighted by atomic mass is 10.1. The summed E-state index contributed by atoms with van der Waals surface area (Å²) < 4.78 is 0. The lowest BCUT2D eigenvalue weighted by molar-refractivity contribution is 0.606. The van der Waals surface area contributed by atoms with Gasteiger partial charge in [-0.15, -0.1) is 0 Å². The summed E-state index contributed by atoms with van der Waals surface area (Å²) in [6.07, 6.45) is 13.3. The quantitative estimate of drug-likeness (QED) is 0.623. The Bertz CT molecular complexity index is 166. The van der Waals surface area contributed by atoms with Crippen LogP contribution in [-0.4, -0.2) is 6.54 Å². The molecule has 1 nitrogen and oxygen atoms in total. The second kappa shape index (κ2) is 8.28. The van der Waals surface area contributed by atoms with Crippen LogP contribution in [0.3, 0.4) is 0 Å². The Kier molecular flexibility index (Phi) is 7.71. The molecule has 0 fully saturated rings. The maximum absolute atomic E-state index is 5.47. The van der Waals surface area contributed by atoms with Crippen LogP contribution in [0, 0.1) is 5.92 Å². The summed E-state index contributed by atoms with van der Waals surface area (Å²) in [6.45, 7) is 4.92. The van der Waals surface area contributed by atoms with Gasteiger partial charge < -0.3 is 5.73 Å². The molecule has 0 aromatic carbocycles. The molecule has 0 aromatic heterocycles. The number of hydrogen-bond donors (Lipinski definition) is 1. The van der Waals surface area contributed by atoms with E-state index in [0.717, 1.165) is 13.0 Å². The van der Waals surface area contributed by atoms with Crippen LogP contribution in [-0.2, 0) is 0 Å². The van der Waals surface area contributed by atoms with Gasteiger partial charge in [0, 0.05) is 0 Å². The van der Waals surface area contributed by atoms with Crippen molar-refractivity contribution in [3.05, 3.63) is 36.5 Å². The number of allylic oxidation sites excluding steroid dienone is 6. The maximum Gasteiger partial charge on any atom is -0.00485 e. The topological polar surface area (TPSA) is 26.0 Å². The zero-order chi connectivity index (χ0) is 9.23. The SMILES string of the molecule is C\C=C/C=C\C=C\C[C@H](C)CN. The van der Waals surface area contributed by atoms with Crippen molar-refractivity contribution in [1.29, 1.82) is 0 Å². The van der Waals surface area contributed by atoms with Gasteiger partial charge in [0.1, 0.15) is 0 Å². The van der Waals surface area contributed by atoms with Gasteiger partial charge in [-0.05, 0) is 25.8 Å². The summed E-state index contributed by atoms with van der Waals surface area (Å²) in [5.74, 6) is 0.594. The van der Waals surface area contributed by atoms with E-state index in [1.807, 2.05) is 31.2 Å². The molecule has 1 atom stereocenters. The van der Waals surface area contributed by atoms with Crippen molar-refractivity contribution in [3.63, 3.8) is 0 Å². The number of nitrogens with two attached hydrogens (primary N) is 1. The molecular formula is C11H19N. The lowest BCUT2D eigenvalue weighted by Gasteiger charge is -2.01. The molecule has 0 saturated heterocycles. The first-order chi connectivity index (χ1) is 5.81. The summed E-state index contributed by atoms with van der Waals surface area (Å²) in [5, 5.41) is 0. The van der Waals surface area contributed by atoms with Gasteiger partial charge >= 0.3 is 0 Å². The lowest BCUT2D eigenvalue weighted by Crippen LogP contribution is -2.09. The molecule has 0 aliphatic carbocycles. The van der Waals surface area contributed by atoms with Gasteiger partial charge in [0.2, 0.25) is 0 Å². The van der Waals surface area contributed by atoms with E-state index in [1.54, 1.807) is 0 Å². The predicted octanol–water partition coefficient (Wildman–Crippen LogP) is 2.66. The van der Waals surface area contributed by atoms with Crippen molar-refractivity contribution in [3.8, 4) is 0 Å². The maximum atomic E-state index is 5.47. The smallest absolute Gasteiger partial charge is 0.00485 e. The van der Waals surface area contributed by atoms with Gasteiger partial charge in [0.15, 0.2) is 0 Å². The molecule has 0 bridgehead atoms. The molecule has 0 unspecified atom stereocenters. The normalized spacial score (nSPS) is 15.2. The molecule has 0 rings (SSSR count). The van der Waals surface area contributed by atoms with Gasteiger partial charge in [-0.25, -0.2) is 0 Å².